The van der Waals surface area contributed by atoms with Crippen molar-refractivity contribution in [1.82, 2.24) is 10.2 Å². The highest BCUT2D eigenvalue weighted by Gasteiger charge is 2.24. The Labute approximate surface area is 125 Å². The van der Waals surface area contributed by atoms with Crippen LogP contribution in [0.25, 0.3) is 0 Å². The second-order valence-electron chi connectivity index (χ2n) is 5.13. The standard InChI is InChI=1S/C15H22ClN3O/c1-2-8-19(12-10-17-11-12)9-7-15(20)18-14-6-4-3-5-13(14)16/h3-6,12,17H,2,7-11H2,1H3,(H,18,20). The lowest BCUT2D eigenvalue weighted by atomic mass is 10.1. The largest absolute Gasteiger partial charge is 0.325 e. The van der Waals surface area contributed by atoms with Gasteiger partial charge in [0.15, 0.2) is 0 Å². The van der Waals surface area contributed by atoms with Gasteiger partial charge in [0, 0.05) is 32.1 Å². The summed E-state index contributed by atoms with van der Waals surface area (Å²) in [7, 11) is 0. The van der Waals surface area contributed by atoms with Crippen LogP contribution in [0.2, 0.25) is 5.02 Å². The fraction of sp³-hybridized carbons (Fsp3) is 0.533. The molecule has 0 radical (unpaired) electrons. The van der Waals surface area contributed by atoms with Crippen LogP contribution in [0.15, 0.2) is 24.3 Å². The maximum Gasteiger partial charge on any atom is 0.225 e. The van der Waals surface area contributed by atoms with Crippen molar-refractivity contribution in [2.24, 2.45) is 0 Å². The number of anilines is 1. The number of halogens is 1. The van der Waals surface area contributed by atoms with Gasteiger partial charge in [-0.3, -0.25) is 9.69 Å². The molecule has 0 unspecified atom stereocenters. The number of para-hydroxylation sites is 1. The van der Waals surface area contributed by atoms with Gasteiger partial charge >= 0.3 is 0 Å². The van der Waals surface area contributed by atoms with Crippen LogP contribution in [-0.4, -0.2) is 43.0 Å². The van der Waals surface area contributed by atoms with E-state index in [1.807, 2.05) is 18.2 Å². The maximum absolute atomic E-state index is 12.0. The predicted octanol–water partition coefficient (Wildman–Crippen LogP) is 2.35. The van der Waals surface area contributed by atoms with Crippen molar-refractivity contribution in [1.29, 1.82) is 0 Å². The first-order valence-electron chi connectivity index (χ1n) is 7.20. The lowest BCUT2D eigenvalue weighted by Gasteiger charge is -2.38. The smallest absolute Gasteiger partial charge is 0.225 e. The molecule has 0 spiro atoms. The number of hydrogen-bond donors (Lipinski definition) is 2. The normalized spacial score (nSPS) is 15.2. The second kappa shape index (κ2) is 7.62. The molecule has 0 atom stereocenters. The molecule has 20 heavy (non-hydrogen) atoms. The third kappa shape index (κ3) is 4.20. The SMILES string of the molecule is CCCN(CCC(=O)Nc1ccccc1Cl)C1CNC1. The minimum absolute atomic E-state index is 0.0199. The van der Waals surface area contributed by atoms with E-state index in [-0.39, 0.29) is 5.91 Å². The van der Waals surface area contributed by atoms with E-state index in [2.05, 4.69) is 22.5 Å². The molecule has 1 amide bonds. The van der Waals surface area contributed by atoms with Crippen molar-refractivity contribution >= 4 is 23.2 Å². The molecule has 0 bridgehead atoms. The van der Waals surface area contributed by atoms with Crippen molar-refractivity contribution in [3.8, 4) is 0 Å². The van der Waals surface area contributed by atoms with E-state index in [9.17, 15) is 4.79 Å². The molecule has 1 saturated heterocycles. The molecule has 1 aromatic rings. The predicted molar refractivity (Wildman–Crippen MR) is 83.2 cm³/mol. The van der Waals surface area contributed by atoms with Gasteiger partial charge in [0.2, 0.25) is 5.91 Å². The summed E-state index contributed by atoms with van der Waals surface area (Å²) in [5.74, 6) is 0.0199. The Morgan fingerprint density at radius 3 is 2.75 bits per heavy atom. The van der Waals surface area contributed by atoms with E-state index in [1.54, 1.807) is 6.07 Å². The van der Waals surface area contributed by atoms with Crippen molar-refractivity contribution in [3.63, 3.8) is 0 Å². The molecule has 2 N–H and O–H groups in total. The average molecular weight is 296 g/mol. The number of benzene rings is 1. The molecular weight excluding hydrogens is 274 g/mol. The zero-order valence-corrected chi connectivity index (χ0v) is 12.6. The number of nitrogens with one attached hydrogen (secondary N) is 2. The maximum atomic E-state index is 12.0. The van der Waals surface area contributed by atoms with Gasteiger partial charge in [-0.1, -0.05) is 30.7 Å². The second-order valence-corrected chi connectivity index (χ2v) is 5.53. The van der Waals surface area contributed by atoms with E-state index in [0.717, 1.165) is 32.6 Å². The summed E-state index contributed by atoms with van der Waals surface area (Å²) >= 11 is 6.03. The van der Waals surface area contributed by atoms with Gasteiger partial charge in [0.25, 0.3) is 0 Å². The number of rotatable bonds is 7. The summed E-state index contributed by atoms with van der Waals surface area (Å²) < 4.78 is 0. The molecule has 0 saturated carbocycles. The topological polar surface area (TPSA) is 44.4 Å². The third-order valence-corrected chi connectivity index (χ3v) is 3.89. The molecule has 1 aliphatic heterocycles. The number of amides is 1. The summed E-state index contributed by atoms with van der Waals surface area (Å²) in [6, 6.07) is 7.90. The molecule has 4 nitrogen and oxygen atoms in total. The summed E-state index contributed by atoms with van der Waals surface area (Å²) in [4.78, 5) is 14.4. The lowest BCUT2D eigenvalue weighted by Crippen LogP contribution is -2.57. The van der Waals surface area contributed by atoms with Gasteiger partial charge in [-0.2, -0.15) is 0 Å². The van der Waals surface area contributed by atoms with Crippen LogP contribution < -0.4 is 10.6 Å². The average Bonchev–Trinajstić information content (AvgIpc) is 2.37. The molecule has 5 heteroatoms. The van der Waals surface area contributed by atoms with E-state index in [1.165, 1.54) is 0 Å². The van der Waals surface area contributed by atoms with Crippen molar-refractivity contribution in [2.45, 2.75) is 25.8 Å². The van der Waals surface area contributed by atoms with Crippen LogP contribution in [-0.2, 0) is 4.79 Å². The van der Waals surface area contributed by atoms with Crippen LogP contribution in [0, 0.1) is 0 Å². The minimum atomic E-state index is 0.0199. The summed E-state index contributed by atoms with van der Waals surface area (Å²) in [6.45, 7) is 6.09. The Morgan fingerprint density at radius 1 is 1.40 bits per heavy atom. The van der Waals surface area contributed by atoms with Gasteiger partial charge in [-0.25, -0.2) is 0 Å². The lowest BCUT2D eigenvalue weighted by molar-refractivity contribution is -0.116. The Hall–Kier alpha value is -1.10. The van der Waals surface area contributed by atoms with Crippen molar-refractivity contribution < 1.29 is 4.79 Å². The fourth-order valence-electron chi connectivity index (χ4n) is 2.32. The first-order chi connectivity index (χ1) is 9.70. The molecule has 0 aromatic heterocycles. The van der Waals surface area contributed by atoms with E-state index in [4.69, 9.17) is 11.6 Å². The Morgan fingerprint density at radius 2 is 2.15 bits per heavy atom. The highest BCUT2D eigenvalue weighted by molar-refractivity contribution is 6.33. The Bertz CT molecular complexity index is 448. The van der Waals surface area contributed by atoms with Crippen LogP contribution in [0.4, 0.5) is 5.69 Å². The zero-order chi connectivity index (χ0) is 14.4. The Kier molecular flexibility index (Phi) is 5.83. The van der Waals surface area contributed by atoms with E-state index < -0.39 is 0 Å². The minimum Gasteiger partial charge on any atom is -0.325 e. The molecule has 1 aromatic carbocycles. The summed E-state index contributed by atoms with van der Waals surface area (Å²) in [5.41, 5.74) is 0.687. The fourth-order valence-corrected chi connectivity index (χ4v) is 2.50. The van der Waals surface area contributed by atoms with E-state index in [0.29, 0.717) is 23.2 Å². The molecule has 1 heterocycles. The van der Waals surface area contributed by atoms with Crippen LogP contribution in [0.3, 0.4) is 0 Å². The number of nitrogens with zero attached hydrogens (tertiary/aromatic N) is 1. The monoisotopic (exact) mass is 295 g/mol. The van der Waals surface area contributed by atoms with Crippen LogP contribution in [0.1, 0.15) is 19.8 Å². The molecule has 110 valence electrons. The molecule has 1 fully saturated rings. The number of hydrogen-bond acceptors (Lipinski definition) is 3. The first kappa shape index (κ1) is 15.3. The molecule has 1 aliphatic rings. The Balaban J connectivity index is 1.80. The highest BCUT2D eigenvalue weighted by atomic mass is 35.5. The van der Waals surface area contributed by atoms with Crippen molar-refractivity contribution in [2.75, 3.05) is 31.5 Å². The quantitative estimate of drug-likeness (QED) is 0.812. The molecular formula is C15H22ClN3O. The molecule has 0 aliphatic carbocycles. The summed E-state index contributed by atoms with van der Waals surface area (Å²) in [5, 5.41) is 6.72. The van der Waals surface area contributed by atoms with Crippen molar-refractivity contribution in [3.05, 3.63) is 29.3 Å². The third-order valence-electron chi connectivity index (χ3n) is 3.56. The van der Waals surface area contributed by atoms with Crippen LogP contribution >= 0.6 is 11.6 Å². The first-order valence-corrected chi connectivity index (χ1v) is 7.57. The number of carbonyl (C=O) groups is 1. The number of carbonyl (C=O) groups excluding carboxylic acids is 1. The van der Waals surface area contributed by atoms with Gasteiger partial charge in [0.05, 0.1) is 10.7 Å². The van der Waals surface area contributed by atoms with Gasteiger partial charge in [0.1, 0.15) is 0 Å². The van der Waals surface area contributed by atoms with E-state index >= 15 is 0 Å². The van der Waals surface area contributed by atoms with Gasteiger partial charge < -0.3 is 10.6 Å². The summed E-state index contributed by atoms with van der Waals surface area (Å²) in [6.07, 6.45) is 1.62. The van der Waals surface area contributed by atoms with Crippen LogP contribution in [0.5, 0.6) is 0 Å². The zero-order valence-electron chi connectivity index (χ0n) is 11.9. The molecule has 2 rings (SSSR count). The van der Waals surface area contributed by atoms with Gasteiger partial charge in [-0.05, 0) is 25.1 Å². The van der Waals surface area contributed by atoms with Gasteiger partial charge in [-0.15, -0.1) is 0 Å². The highest BCUT2D eigenvalue weighted by Crippen LogP contribution is 2.20.